The minimum Gasteiger partial charge on any atom is -0.492 e. The molecular formula is C21H23NO. The van der Waals surface area contributed by atoms with Gasteiger partial charge in [0.1, 0.15) is 12.4 Å². The maximum absolute atomic E-state index is 5.92. The van der Waals surface area contributed by atoms with Gasteiger partial charge in [-0.2, -0.15) is 0 Å². The van der Waals surface area contributed by atoms with Gasteiger partial charge in [0.05, 0.1) is 0 Å². The predicted octanol–water partition coefficient (Wildman–Crippen LogP) is 3.92. The third-order valence-electron chi connectivity index (χ3n) is 4.91. The molecule has 1 heterocycles. The van der Waals surface area contributed by atoms with Crippen LogP contribution in [0.1, 0.15) is 17.5 Å². The topological polar surface area (TPSA) is 12.5 Å². The molecule has 1 fully saturated rings. The summed E-state index contributed by atoms with van der Waals surface area (Å²) in [5.74, 6) is 1.76. The zero-order chi connectivity index (χ0) is 15.5. The number of hydrogen-bond acceptors (Lipinski definition) is 2. The largest absolute Gasteiger partial charge is 0.492 e. The molecule has 0 spiro atoms. The molecular weight excluding hydrogens is 282 g/mol. The van der Waals surface area contributed by atoms with Crippen LogP contribution in [0.15, 0.2) is 66.7 Å². The Balaban J connectivity index is 1.26. The van der Waals surface area contributed by atoms with Crippen molar-refractivity contribution in [2.75, 3.05) is 19.7 Å². The molecule has 1 saturated heterocycles. The molecule has 2 bridgehead atoms. The van der Waals surface area contributed by atoms with Crippen LogP contribution in [0.25, 0.3) is 0 Å². The SMILES string of the molecule is C1=CC2CC1CN2CCOc1ccc(Cc2ccccc2)cc1. The van der Waals surface area contributed by atoms with Crippen molar-refractivity contribution in [2.24, 2.45) is 5.92 Å². The average molecular weight is 305 g/mol. The normalized spacial score (nSPS) is 22.6. The average Bonchev–Trinajstić information content (AvgIpc) is 3.20. The molecule has 2 aromatic rings. The Kier molecular flexibility index (Phi) is 4.16. The molecule has 23 heavy (non-hydrogen) atoms. The fourth-order valence-corrected chi connectivity index (χ4v) is 3.67. The van der Waals surface area contributed by atoms with E-state index in [9.17, 15) is 0 Å². The van der Waals surface area contributed by atoms with Gasteiger partial charge in [-0.25, -0.2) is 0 Å². The molecule has 4 rings (SSSR count). The van der Waals surface area contributed by atoms with Gasteiger partial charge in [0, 0.05) is 19.1 Å². The summed E-state index contributed by atoms with van der Waals surface area (Å²) in [7, 11) is 0. The zero-order valence-electron chi connectivity index (χ0n) is 13.4. The second-order valence-electron chi connectivity index (χ2n) is 6.60. The summed E-state index contributed by atoms with van der Waals surface area (Å²) in [6.07, 6.45) is 7.01. The number of nitrogens with zero attached hydrogens (tertiary/aromatic N) is 1. The molecule has 0 aromatic heterocycles. The van der Waals surface area contributed by atoms with E-state index >= 15 is 0 Å². The highest BCUT2D eigenvalue weighted by Gasteiger charge is 2.32. The molecule has 1 aliphatic carbocycles. The molecule has 2 heteroatoms. The predicted molar refractivity (Wildman–Crippen MR) is 93.8 cm³/mol. The van der Waals surface area contributed by atoms with Crippen molar-refractivity contribution in [3.05, 3.63) is 77.9 Å². The van der Waals surface area contributed by atoms with Gasteiger partial charge in [0.2, 0.25) is 0 Å². The van der Waals surface area contributed by atoms with E-state index in [0.29, 0.717) is 6.04 Å². The Labute approximate surface area is 138 Å². The Morgan fingerprint density at radius 2 is 1.70 bits per heavy atom. The maximum atomic E-state index is 5.92. The first-order valence-electron chi connectivity index (χ1n) is 8.55. The number of benzene rings is 2. The summed E-state index contributed by atoms with van der Waals surface area (Å²) in [5, 5.41) is 0. The van der Waals surface area contributed by atoms with E-state index in [2.05, 4.69) is 71.6 Å². The Bertz CT molecular complexity index is 662. The van der Waals surface area contributed by atoms with Crippen LogP contribution in [0.2, 0.25) is 0 Å². The number of fused-ring (bicyclic) bond motifs is 2. The first-order chi connectivity index (χ1) is 11.4. The summed E-state index contributed by atoms with van der Waals surface area (Å²) in [6, 6.07) is 19.8. The van der Waals surface area contributed by atoms with E-state index in [0.717, 1.165) is 31.2 Å². The van der Waals surface area contributed by atoms with Gasteiger partial charge in [-0.15, -0.1) is 0 Å². The standard InChI is InChI=1S/C21H23NO/c1-2-4-17(5-3-1)14-18-7-10-21(11-8-18)23-13-12-22-16-19-6-9-20(22)15-19/h1-11,19-20H,12-16H2. The summed E-state index contributed by atoms with van der Waals surface area (Å²) >= 11 is 0. The van der Waals surface area contributed by atoms with Gasteiger partial charge < -0.3 is 4.74 Å². The van der Waals surface area contributed by atoms with Crippen molar-refractivity contribution in [2.45, 2.75) is 18.9 Å². The van der Waals surface area contributed by atoms with Crippen LogP contribution < -0.4 is 4.74 Å². The Morgan fingerprint density at radius 3 is 2.39 bits per heavy atom. The summed E-state index contributed by atoms with van der Waals surface area (Å²) in [4.78, 5) is 2.54. The molecule has 0 saturated carbocycles. The van der Waals surface area contributed by atoms with E-state index in [4.69, 9.17) is 4.74 Å². The first kappa shape index (κ1) is 14.5. The molecule has 118 valence electrons. The number of hydrogen-bond donors (Lipinski definition) is 0. The molecule has 0 amide bonds. The van der Waals surface area contributed by atoms with Gasteiger partial charge in [-0.1, -0.05) is 54.6 Å². The van der Waals surface area contributed by atoms with E-state index in [1.165, 1.54) is 24.1 Å². The van der Waals surface area contributed by atoms with Gasteiger partial charge >= 0.3 is 0 Å². The van der Waals surface area contributed by atoms with Crippen LogP contribution in [-0.4, -0.2) is 30.6 Å². The van der Waals surface area contributed by atoms with Crippen LogP contribution in [0.4, 0.5) is 0 Å². The molecule has 2 nitrogen and oxygen atoms in total. The number of rotatable bonds is 6. The Hall–Kier alpha value is -2.06. The summed E-state index contributed by atoms with van der Waals surface area (Å²) in [6.45, 7) is 3.01. The van der Waals surface area contributed by atoms with Gasteiger partial charge in [0.15, 0.2) is 0 Å². The highest BCUT2D eigenvalue weighted by molar-refractivity contribution is 5.31. The van der Waals surface area contributed by atoms with Gasteiger partial charge in [-0.05, 0) is 42.0 Å². The summed E-state index contributed by atoms with van der Waals surface area (Å²) < 4.78 is 5.92. The van der Waals surface area contributed by atoms with Crippen LogP contribution >= 0.6 is 0 Å². The molecule has 0 radical (unpaired) electrons. The lowest BCUT2D eigenvalue weighted by molar-refractivity contribution is 0.210. The van der Waals surface area contributed by atoms with E-state index in [1.807, 2.05) is 0 Å². The third kappa shape index (κ3) is 3.48. The zero-order valence-corrected chi connectivity index (χ0v) is 13.4. The molecule has 2 aliphatic rings. The van der Waals surface area contributed by atoms with Crippen molar-refractivity contribution in [1.82, 2.24) is 4.90 Å². The van der Waals surface area contributed by atoms with E-state index in [-0.39, 0.29) is 0 Å². The van der Waals surface area contributed by atoms with Gasteiger partial charge in [0.25, 0.3) is 0 Å². The highest BCUT2D eigenvalue weighted by atomic mass is 16.5. The first-order valence-corrected chi connectivity index (χ1v) is 8.55. The fourth-order valence-electron chi connectivity index (χ4n) is 3.67. The minimum absolute atomic E-state index is 0.664. The van der Waals surface area contributed by atoms with Crippen LogP contribution in [0.3, 0.4) is 0 Å². The van der Waals surface area contributed by atoms with Crippen molar-refractivity contribution in [3.63, 3.8) is 0 Å². The van der Waals surface area contributed by atoms with Crippen LogP contribution in [0, 0.1) is 5.92 Å². The van der Waals surface area contributed by atoms with Crippen molar-refractivity contribution < 1.29 is 4.74 Å². The van der Waals surface area contributed by atoms with Crippen molar-refractivity contribution >= 4 is 0 Å². The van der Waals surface area contributed by atoms with Crippen LogP contribution in [0.5, 0.6) is 5.75 Å². The lowest BCUT2D eigenvalue weighted by Crippen LogP contribution is -2.33. The summed E-state index contributed by atoms with van der Waals surface area (Å²) in [5.41, 5.74) is 2.67. The number of ether oxygens (including phenoxy) is 1. The Morgan fingerprint density at radius 1 is 0.913 bits per heavy atom. The van der Waals surface area contributed by atoms with Crippen LogP contribution in [-0.2, 0) is 6.42 Å². The van der Waals surface area contributed by atoms with Crippen molar-refractivity contribution in [3.8, 4) is 5.75 Å². The molecule has 2 atom stereocenters. The molecule has 1 aliphatic heterocycles. The molecule has 0 N–H and O–H groups in total. The van der Waals surface area contributed by atoms with Gasteiger partial charge in [-0.3, -0.25) is 4.90 Å². The maximum Gasteiger partial charge on any atom is 0.119 e. The highest BCUT2D eigenvalue weighted by Crippen LogP contribution is 2.30. The quantitative estimate of drug-likeness (QED) is 0.750. The monoisotopic (exact) mass is 305 g/mol. The second-order valence-corrected chi connectivity index (χ2v) is 6.60. The second kappa shape index (κ2) is 6.59. The lowest BCUT2D eigenvalue weighted by Gasteiger charge is -2.23. The molecule has 2 unspecified atom stereocenters. The van der Waals surface area contributed by atoms with E-state index < -0.39 is 0 Å². The third-order valence-corrected chi connectivity index (χ3v) is 4.91. The fraction of sp³-hybridized carbons (Fsp3) is 0.333. The lowest BCUT2D eigenvalue weighted by atomic mass is 10.1. The van der Waals surface area contributed by atoms with E-state index in [1.54, 1.807) is 0 Å². The van der Waals surface area contributed by atoms with Crippen molar-refractivity contribution in [1.29, 1.82) is 0 Å². The molecule has 2 aromatic carbocycles. The minimum atomic E-state index is 0.664. The smallest absolute Gasteiger partial charge is 0.119 e. The number of likely N-dealkylation sites (tertiary alicyclic amines) is 1.